The van der Waals surface area contributed by atoms with E-state index in [2.05, 4.69) is 15.2 Å². The third-order valence-electron chi connectivity index (χ3n) is 4.12. The number of halogens is 1. The van der Waals surface area contributed by atoms with E-state index in [1.807, 2.05) is 0 Å². The van der Waals surface area contributed by atoms with Gasteiger partial charge in [-0.2, -0.15) is 5.10 Å². The van der Waals surface area contributed by atoms with Gasteiger partial charge in [0.2, 0.25) is 6.41 Å². The highest BCUT2D eigenvalue weighted by Crippen LogP contribution is 2.28. The first-order valence-electron chi connectivity index (χ1n) is 8.14. The number of benzene rings is 1. The van der Waals surface area contributed by atoms with Crippen LogP contribution in [0.25, 0.3) is 0 Å². The molecule has 27 heavy (non-hydrogen) atoms. The number of nitrogens with one attached hydrogen (secondary N) is 1. The molecule has 0 saturated carbocycles. The first-order chi connectivity index (χ1) is 13.0. The molecule has 11 heteroatoms. The largest absolute Gasteiger partial charge is 0.453 e. The molecule has 2 heterocycles. The zero-order valence-corrected chi connectivity index (χ0v) is 14.5. The zero-order chi connectivity index (χ0) is 19.4. The SMILES string of the molecule is COC(=O)NCC1CN(c2ccc(N3C=NN(C=O)CC3)c(F)c2)C(=O)O1. The smallest absolute Gasteiger partial charge is 0.414 e. The van der Waals surface area contributed by atoms with Crippen LogP contribution in [0.1, 0.15) is 0 Å². The molecule has 2 aliphatic rings. The molecule has 1 fully saturated rings. The Morgan fingerprint density at radius 1 is 1.48 bits per heavy atom. The first kappa shape index (κ1) is 18.4. The maximum absolute atomic E-state index is 14.6. The van der Waals surface area contributed by atoms with E-state index in [4.69, 9.17) is 4.74 Å². The highest BCUT2D eigenvalue weighted by Gasteiger charge is 2.33. The average molecular weight is 379 g/mol. The molecule has 0 radical (unpaired) electrons. The van der Waals surface area contributed by atoms with Crippen LogP contribution in [0.4, 0.5) is 25.4 Å². The summed E-state index contributed by atoms with van der Waals surface area (Å²) in [5, 5.41) is 7.54. The molecule has 1 aromatic carbocycles. The van der Waals surface area contributed by atoms with Crippen molar-refractivity contribution in [1.29, 1.82) is 0 Å². The van der Waals surface area contributed by atoms with Crippen LogP contribution in [0.2, 0.25) is 0 Å². The fraction of sp³-hybridized carbons (Fsp3) is 0.375. The van der Waals surface area contributed by atoms with Crippen LogP contribution >= 0.6 is 0 Å². The van der Waals surface area contributed by atoms with Crippen molar-refractivity contribution in [3.05, 3.63) is 24.0 Å². The number of carbonyl (C=O) groups is 3. The predicted molar refractivity (Wildman–Crippen MR) is 93.0 cm³/mol. The summed E-state index contributed by atoms with van der Waals surface area (Å²) < 4.78 is 24.2. The second-order valence-corrected chi connectivity index (χ2v) is 5.82. The third-order valence-corrected chi connectivity index (χ3v) is 4.12. The molecule has 144 valence electrons. The van der Waals surface area contributed by atoms with Gasteiger partial charge in [0.25, 0.3) is 0 Å². The molecule has 3 rings (SSSR count). The number of cyclic esters (lactones) is 1. The fourth-order valence-electron chi connectivity index (χ4n) is 2.72. The number of ether oxygens (including phenoxy) is 2. The minimum atomic E-state index is -0.628. The summed E-state index contributed by atoms with van der Waals surface area (Å²) >= 11 is 0. The van der Waals surface area contributed by atoms with Crippen molar-refractivity contribution in [3.63, 3.8) is 0 Å². The molecular weight excluding hydrogens is 361 g/mol. The normalized spacial score (nSPS) is 19.1. The molecule has 0 spiro atoms. The van der Waals surface area contributed by atoms with Gasteiger partial charge in [-0.25, -0.2) is 19.0 Å². The lowest BCUT2D eigenvalue weighted by atomic mass is 10.2. The van der Waals surface area contributed by atoms with Crippen LogP contribution in [0.15, 0.2) is 23.3 Å². The quantitative estimate of drug-likeness (QED) is 0.757. The average Bonchev–Trinajstić information content (AvgIpc) is 3.06. The highest BCUT2D eigenvalue weighted by molar-refractivity contribution is 5.90. The van der Waals surface area contributed by atoms with E-state index in [0.717, 1.165) is 0 Å². The second kappa shape index (κ2) is 7.89. The number of methoxy groups -OCH3 is 1. The predicted octanol–water partition coefficient (Wildman–Crippen LogP) is 0.729. The molecule has 2 aliphatic heterocycles. The molecule has 1 unspecified atom stereocenters. The number of hydrogen-bond donors (Lipinski definition) is 1. The van der Waals surface area contributed by atoms with Gasteiger partial charge < -0.3 is 19.7 Å². The molecular formula is C16H18FN5O5. The summed E-state index contributed by atoms with van der Waals surface area (Å²) in [6.07, 6.45) is 0.144. The Balaban J connectivity index is 1.68. The van der Waals surface area contributed by atoms with Gasteiger partial charge in [-0.15, -0.1) is 0 Å². The number of hydrazone groups is 1. The van der Waals surface area contributed by atoms with Crippen LogP contribution in [-0.4, -0.2) is 69.3 Å². The number of anilines is 2. The monoisotopic (exact) mass is 379 g/mol. The number of alkyl carbamates (subject to hydrolysis) is 1. The Morgan fingerprint density at radius 3 is 2.93 bits per heavy atom. The van der Waals surface area contributed by atoms with Gasteiger partial charge in [-0.3, -0.25) is 9.69 Å². The van der Waals surface area contributed by atoms with E-state index < -0.39 is 24.1 Å². The molecule has 1 N–H and O–H groups in total. The van der Waals surface area contributed by atoms with E-state index in [1.54, 1.807) is 11.0 Å². The maximum Gasteiger partial charge on any atom is 0.414 e. The van der Waals surface area contributed by atoms with Crippen LogP contribution in [0, 0.1) is 5.82 Å². The third kappa shape index (κ3) is 4.07. The molecule has 0 aromatic heterocycles. The standard InChI is InChI=1S/C16H18FN5O5/c1-26-15(24)18-7-12-8-22(16(25)27-12)11-2-3-14(13(17)6-11)20-4-5-21(10-23)19-9-20/h2-3,6,9-10,12H,4-5,7-8H2,1H3,(H,18,24). The molecule has 3 amide bonds. The Labute approximate surface area is 154 Å². The summed E-state index contributed by atoms with van der Waals surface area (Å²) in [5.74, 6) is -0.539. The van der Waals surface area contributed by atoms with Crippen LogP contribution in [-0.2, 0) is 14.3 Å². The number of carbonyl (C=O) groups excluding carboxylic acids is 3. The summed E-state index contributed by atoms with van der Waals surface area (Å²) in [5.41, 5.74) is 0.620. The van der Waals surface area contributed by atoms with Crippen molar-refractivity contribution in [1.82, 2.24) is 10.3 Å². The summed E-state index contributed by atoms with van der Waals surface area (Å²) in [6.45, 7) is 0.994. The zero-order valence-electron chi connectivity index (χ0n) is 14.5. The van der Waals surface area contributed by atoms with Crippen molar-refractivity contribution in [3.8, 4) is 0 Å². The molecule has 0 aliphatic carbocycles. The highest BCUT2D eigenvalue weighted by atomic mass is 19.1. The molecule has 1 atom stereocenters. The van der Waals surface area contributed by atoms with Crippen LogP contribution < -0.4 is 15.1 Å². The summed E-state index contributed by atoms with van der Waals surface area (Å²) in [7, 11) is 1.23. The van der Waals surface area contributed by atoms with Crippen molar-refractivity contribution in [2.24, 2.45) is 5.10 Å². The van der Waals surface area contributed by atoms with Gasteiger partial charge in [0.15, 0.2) is 0 Å². The number of amides is 3. The number of hydrogen-bond acceptors (Lipinski definition) is 7. The van der Waals surface area contributed by atoms with E-state index in [-0.39, 0.29) is 18.8 Å². The minimum absolute atomic E-state index is 0.0902. The van der Waals surface area contributed by atoms with Gasteiger partial charge in [0.1, 0.15) is 18.3 Å². The van der Waals surface area contributed by atoms with Gasteiger partial charge in [0, 0.05) is 6.54 Å². The van der Waals surface area contributed by atoms with E-state index in [9.17, 15) is 18.8 Å². The molecule has 1 aromatic rings. The summed E-state index contributed by atoms with van der Waals surface area (Å²) in [6, 6.07) is 4.35. The number of nitrogens with zero attached hydrogens (tertiary/aromatic N) is 4. The Bertz CT molecular complexity index is 774. The second-order valence-electron chi connectivity index (χ2n) is 5.82. The lowest BCUT2D eigenvalue weighted by Crippen LogP contribution is -2.37. The molecule has 0 bridgehead atoms. The Kier molecular flexibility index (Phi) is 5.38. The van der Waals surface area contributed by atoms with E-state index >= 15 is 0 Å². The van der Waals surface area contributed by atoms with Crippen molar-refractivity contribution in [2.75, 3.05) is 43.1 Å². The summed E-state index contributed by atoms with van der Waals surface area (Å²) in [4.78, 5) is 36.7. The Hall–Kier alpha value is -3.37. The van der Waals surface area contributed by atoms with Gasteiger partial charge >= 0.3 is 12.2 Å². The molecule has 1 saturated heterocycles. The van der Waals surface area contributed by atoms with Crippen LogP contribution in [0.3, 0.4) is 0 Å². The van der Waals surface area contributed by atoms with Gasteiger partial charge in [-0.1, -0.05) is 0 Å². The number of rotatable bonds is 5. The fourth-order valence-corrected chi connectivity index (χ4v) is 2.72. The van der Waals surface area contributed by atoms with E-state index in [0.29, 0.717) is 25.2 Å². The van der Waals surface area contributed by atoms with E-state index in [1.165, 1.54) is 35.5 Å². The van der Waals surface area contributed by atoms with Crippen LogP contribution in [0.5, 0.6) is 0 Å². The lowest BCUT2D eigenvalue weighted by molar-refractivity contribution is -0.118. The van der Waals surface area contributed by atoms with Gasteiger partial charge in [-0.05, 0) is 18.2 Å². The Morgan fingerprint density at radius 2 is 2.30 bits per heavy atom. The maximum atomic E-state index is 14.6. The topological polar surface area (TPSA) is 104 Å². The van der Waals surface area contributed by atoms with Crippen molar-refractivity contribution in [2.45, 2.75) is 6.10 Å². The first-order valence-corrected chi connectivity index (χ1v) is 8.14. The van der Waals surface area contributed by atoms with Crippen molar-refractivity contribution >= 4 is 36.3 Å². The lowest BCUT2D eigenvalue weighted by Gasteiger charge is -2.27. The minimum Gasteiger partial charge on any atom is -0.453 e. The molecule has 10 nitrogen and oxygen atoms in total. The van der Waals surface area contributed by atoms with Gasteiger partial charge in [0.05, 0.1) is 38.1 Å². The van der Waals surface area contributed by atoms with Crippen molar-refractivity contribution < 1.29 is 28.2 Å².